The van der Waals surface area contributed by atoms with Crippen molar-refractivity contribution in [3.05, 3.63) is 70.5 Å². The Balaban J connectivity index is 1.44. The Kier molecular flexibility index (Phi) is 5.95. The van der Waals surface area contributed by atoms with Crippen molar-refractivity contribution in [2.75, 3.05) is 36.4 Å². The Morgan fingerprint density at radius 2 is 1.84 bits per heavy atom. The van der Waals surface area contributed by atoms with Gasteiger partial charge in [-0.05, 0) is 31.2 Å². The van der Waals surface area contributed by atoms with Crippen molar-refractivity contribution in [2.45, 2.75) is 13.0 Å². The molecule has 1 aliphatic rings. The number of piperazine rings is 1. The fourth-order valence-electron chi connectivity index (χ4n) is 3.93. The third kappa shape index (κ3) is 4.22. The van der Waals surface area contributed by atoms with Crippen molar-refractivity contribution in [1.82, 2.24) is 9.88 Å². The topological polar surface area (TPSA) is 91.6 Å². The molecular weight excluding hydrogens is 420 g/mol. The van der Waals surface area contributed by atoms with Crippen molar-refractivity contribution in [3.63, 3.8) is 0 Å². The van der Waals surface area contributed by atoms with Crippen LogP contribution in [0.5, 0.6) is 0 Å². The molecule has 0 bridgehead atoms. The number of halogens is 2. The third-order valence-electron chi connectivity index (χ3n) is 5.74. The van der Waals surface area contributed by atoms with E-state index in [0.29, 0.717) is 31.6 Å². The quantitative estimate of drug-likeness (QED) is 0.481. The molecule has 10 heteroatoms. The Labute approximate surface area is 182 Å². The smallest absolute Gasteiger partial charge is 0.278 e. The van der Waals surface area contributed by atoms with Crippen LogP contribution in [0, 0.1) is 21.7 Å². The number of nitro benzene ring substituents is 1. The molecule has 1 unspecified atom stereocenters. The van der Waals surface area contributed by atoms with Gasteiger partial charge in [0.25, 0.3) is 5.69 Å². The maximum atomic E-state index is 13.4. The van der Waals surface area contributed by atoms with E-state index in [1.54, 1.807) is 25.3 Å². The predicted molar refractivity (Wildman–Crippen MR) is 117 cm³/mol. The predicted octanol–water partition coefficient (Wildman–Crippen LogP) is 3.57. The highest BCUT2D eigenvalue weighted by atomic mass is 19.2. The zero-order chi connectivity index (χ0) is 22.8. The van der Waals surface area contributed by atoms with Gasteiger partial charge < -0.3 is 10.2 Å². The van der Waals surface area contributed by atoms with Gasteiger partial charge in [-0.15, -0.1) is 0 Å². The van der Waals surface area contributed by atoms with Crippen LogP contribution in [0.4, 0.5) is 25.8 Å². The van der Waals surface area contributed by atoms with Gasteiger partial charge in [-0.3, -0.25) is 24.8 Å². The van der Waals surface area contributed by atoms with Gasteiger partial charge in [0.1, 0.15) is 0 Å². The summed E-state index contributed by atoms with van der Waals surface area (Å²) >= 11 is 0. The molecule has 0 aliphatic carbocycles. The van der Waals surface area contributed by atoms with Gasteiger partial charge in [-0.25, -0.2) is 8.78 Å². The molecule has 1 N–H and O–H groups in total. The molecule has 2 aromatic carbocycles. The first kappa shape index (κ1) is 21.6. The summed E-state index contributed by atoms with van der Waals surface area (Å²) in [6.07, 6.45) is 3.11. The maximum absolute atomic E-state index is 13.4. The van der Waals surface area contributed by atoms with Gasteiger partial charge in [-0.1, -0.05) is 0 Å². The largest absolute Gasteiger partial charge is 0.368 e. The average Bonchev–Trinajstić information content (AvgIpc) is 2.80. The fourth-order valence-corrected chi connectivity index (χ4v) is 3.93. The highest BCUT2D eigenvalue weighted by molar-refractivity contribution is 5.99. The average molecular weight is 441 g/mol. The van der Waals surface area contributed by atoms with E-state index >= 15 is 0 Å². The van der Waals surface area contributed by atoms with Crippen LogP contribution in [0.1, 0.15) is 6.92 Å². The van der Waals surface area contributed by atoms with Gasteiger partial charge in [0.05, 0.1) is 16.4 Å². The summed E-state index contributed by atoms with van der Waals surface area (Å²) in [5.41, 5.74) is 1.09. The van der Waals surface area contributed by atoms with Crippen molar-refractivity contribution >= 4 is 33.7 Å². The van der Waals surface area contributed by atoms with Gasteiger partial charge >= 0.3 is 0 Å². The van der Waals surface area contributed by atoms with E-state index < -0.39 is 22.6 Å². The van der Waals surface area contributed by atoms with E-state index in [9.17, 15) is 23.7 Å². The van der Waals surface area contributed by atoms with E-state index in [1.807, 2.05) is 4.90 Å². The van der Waals surface area contributed by atoms with Gasteiger partial charge in [0.2, 0.25) is 5.91 Å². The summed E-state index contributed by atoms with van der Waals surface area (Å²) in [7, 11) is 0. The molecule has 0 spiro atoms. The van der Waals surface area contributed by atoms with Crippen LogP contribution < -0.4 is 10.2 Å². The maximum Gasteiger partial charge on any atom is 0.278 e. The number of pyridine rings is 1. The SMILES string of the molecule is CC(C(=O)Nc1ccc(F)c(F)c1)N1CCN(c2ccc([N+](=O)[O-])c3cnccc23)CC1. The Hall–Kier alpha value is -3.66. The third-order valence-corrected chi connectivity index (χ3v) is 5.74. The second-order valence-electron chi connectivity index (χ2n) is 7.60. The normalized spacial score (nSPS) is 15.5. The highest BCUT2D eigenvalue weighted by Gasteiger charge is 2.27. The Morgan fingerprint density at radius 3 is 2.53 bits per heavy atom. The summed E-state index contributed by atoms with van der Waals surface area (Å²) in [5, 5.41) is 15.2. The number of nitrogens with zero attached hydrogens (tertiary/aromatic N) is 4. The summed E-state index contributed by atoms with van der Waals surface area (Å²) in [4.78, 5) is 31.6. The van der Waals surface area contributed by atoms with Crippen LogP contribution in [0.15, 0.2) is 48.8 Å². The fraction of sp³-hybridized carbons (Fsp3) is 0.273. The van der Waals surface area contributed by atoms with Gasteiger partial charge in [0, 0.05) is 67.5 Å². The monoisotopic (exact) mass is 441 g/mol. The number of nitro groups is 1. The number of nitrogens with one attached hydrogen (secondary N) is 1. The molecule has 2 heterocycles. The molecule has 1 fully saturated rings. The lowest BCUT2D eigenvalue weighted by molar-refractivity contribution is -0.383. The van der Waals surface area contributed by atoms with E-state index in [2.05, 4.69) is 15.2 Å². The second-order valence-corrected chi connectivity index (χ2v) is 7.60. The minimum Gasteiger partial charge on any atom is -0.368 e. The molecule has 1 amide bonds. The number of fused-ring (bicyclic) bond motifs is 1. The van der Waals surface area contributed by atoms with Gasteiger partial charge in [0.15, 0.2) is 11.6 Å². The Bertz CT molecular complexity index is 1180. The van der Waals surface area contributed by atoms with E-state index in [-0.39, 0.29) is 17.3 Å². The second kappa shape index (κ2) is 8.83. The molecule has 1 aromatic heterocycles. The van der Waals surface area contributed by atoms with Crippen LogP contribution in [-0.4, -0.2) is 52.9 Å². The molecule has 3 aromatic rings. The lowest BCUT2D eigenvalue weighted by atomic mass is 10.1. The Morgan fingerprint density at radius 1 is 1.09 bits per heavy atom. The standard InChI is InChI=1S/C22H21F2N5O3/c1-14(22(30)26-15-2-3-18(23)19(24)12-15)27-8-10-28(11-9-27)20-4-5-21(29(31)32)17-13-25-7-6-16(17)20/h2-7,12-14H,8-11H2,1H3,(H,26,30). The lowest BCUT2D eigenvalue weighted by Crippen LogP contribution is -2.52. The summed E-state index contributed by atoms with van der Waals surface area (Å²) in [5.74, 6) is -2.30. The number of non-ortho nitro benzene ring substituents is 1. The zero-order valence-electron chi connectivity index (χ0n) is 17.3. The van der Waals surface area contributed by atoms with Crippen molar-refractivity contribution in [3.8, 4) is 0 Å². The molecule has 0 saturated carbocycles. The number of hydrogen-bond acceptors (Lipinski definition) is 6. The van der Waals surface area contributed by atoms with Crippen molar-refractivity contribution in [1.29, 1.82) is 0 Å². The number of aromatic nitrogens is 1. The first-order chi connectivity index (χ1) is 15.3. The van der Waals surface area contributed by atoms with Crippen molar-refractivity contribution < 1.29 is 18.5 Å². The van der Waals surface area contributed by atoms with E-state index in [1.165, 1.54) is 18.3 Å². The number of benzene rings is 2. The zero-order valence-corrected chi connectivity index (χ0v) is 17.3. The highest BCUT2D eigenvalue weighted by Crippen LogP contribution is 2.33. The number of hydrogen-bond donors (Lipinski definition) is 1. The molecule has 1 aliphatic heterocycles. The number of carbonyl (C=O) groups excluding carboxylic acids is 1. The molecule has 1 atom stereocenters. The number of rotatable bonds is 5. The van der Waals surface area contributed by atoms with Crippen molar-refractivity contribution in [2.24, 2.45) is 0 Å². The van der Waals surface area contributed by atoms with Crippen LogP contribution in [0.2, 0.25) is 0 Å². The van der Waals surface area contributed by atoms with Crippen LogP contribution in [0.3, 0.4) is 0 Å². The first-order valence-corrected chi connectivity index (χ1v) is 10.1. The van der Waals surface area contributed by atoms with E-state index in [0.717, 1.165) is 23.2 Å². The molecule has 4 rings (SSSR count). The number of carbonyl (C=O) groups is 1. The molecular formula is C22H21F2N5O3. The summed E-state index contributed by atoms with van der Waals surface area (Å²) < 4.78 is 26.5. The number of amides is 1. The molecule has 0 radical (unpaired) electrons. The van der Waals surface area contributed by atoms with E-state index in [4.69, 9.17) is 0 Å². The molecule has 1 saturated heterocycles. The number of anilines is 2. The minimum absolute atomic E-state index is 0.0120. The minimum atomic E-state index is -1.02. The summed E-state index contributed by atoms with van der Waals surface area (Å²) in [6.45, 7) is 4.19. The lowest BCUT2D eigenvalue weighted by Gasteiger charge is -2.38. The molecule has 32 heavy (non-hydrogen) atoms. The molecule has 166 valence electrons. The summed E-state index contributed by atoms with van der Waals surface area (Å²) in [6, 6.07) is 7.77. The molecule has 8 nitrogen and oxygen atoms in total. The van der Waals surface area contributed by atoms with Gasteiger partial charge in [-0.2, -0.15) is 0 Å². The first-order valence-electron chi connectivity index (χ1n) is 10.1. The van der Waals surface area contributed by atoms with Crippen LogP contribution in [-0.2, 0) is 4.79 Å². The van der Waals surface area contributed by atoms with Crippen LogP contribution >= 0.6 is 0 Å². The van der Waals surface area contributed by atoms with Crippen LogP contribution in [0.25, 0.3) is 10.8 Å².